The topological polar surface area (TPSA) is 12.5 Å². The monoisotopic (exact) mass is 291 g/mol. The molecule has 0 amide bonds. The molecule has 0 radical (unpaired) electrons. The van der Waals surface area contributed by atoms with Crippen molar-refractivity contribution in [3.05, 3.63) is 22.4 Å². The van der Waals surface area contributed by atoms with Crippen molar-refractivity contribution in [2.24, 2.45) is 0 Å². The maximum Gasteiger partial charge on any atom is 0.0600 e. The van der Waals surface area contributed by atoms with Crippen molar-refractivity contribution in [3.63, 3.8) is 0 Å². The van der Waals surface area contributed by atoms with Crippen molar-refractivity contribution in [1.82, 2.24) is 4.90 Å². The standard InChI is InChI=1S/C11H18BrNOS/c1-13(7-11(12)8-14-2)5-3-10-4-6-15-9-10/h4,6,9,11H,3,5,7-8H2,1-2H3. The van der Waals surface area contributed by atoms with Crippen LogP contribution in [-0.4, -0.2) is 43.6 Å². The molecule has 0 spiro atoms. The van der Waals surface area contributed by atoms with E-state index in [-0.39, 0.29) is 0 Å². The number of likely N-dealkylation sites (N-methyl/N-ethyl adjacent to an activating group) is 1. The summed E-state index contributed by atoms with van der Waals surface area (Å²) in [5.41, 5.74) is 1.43. The Kier molecular flexibility index (Phi) is 6.48. The number of hydrogen-bond acceptors (Lipinski definition) is 3. The Balaban J connectivity index is 2.15. The zero-order valence-corrected chi connectivity index (χ0v) is 11.7. The van der Waals surface area contributed by atoms with E-state index in [0.29, 0.717) is 4.83 Å². The second-order valence-electron chi connectivity index (χ2n) is 3.70. The SMILES string of the molecule is COCC(Br)CN(C)CCc1ccsc1. The molecule has 0 bridgehead atoms. The van der Waals surface area contributed by atoms with Gasteiger partial charge in [0, 0.05) is 20.2 Å². The lowest BCUT2D eigenvalue weighted by Gasteiger charge is -2.19. The van der Waals surface area contributed by atoms with Gasteiger partial charge in [0.15, 0.2) is 0 Å². The molecule has 15 heavy (non-hydrogen) atoms. The van der Waals surface area contributed by atoms with Gasteiger partial charge in [0.1, 0.15) is 0 Å². The number of methoxy groups -OCH3 is 1. The van der Waals surface area contributed by atoms with Crippen LogP contribution in [0, 0.1) is 0 Å². The summed E-state index contributed by atoms with van der Waals surface area (Å²) in [5.74, 6) is 0. The zero-order valence-electron chi connectivity index (χ0n) is 9.28. The van der Waals surface area contributed by atoms with Crippen molar-refractivity contribution in [2.45, 2.75) is 11.2 Å². The summed E-state index contributed by atoms with van der Waals surface area (Å²) < 4.78 is 5.08. The van der Waals surface area contributed by atoms with Crippen molar-refractivity contribution in [1.29, 1.82) is 0 Å². The quantitative estimate of drug-likeness (QED) is 0.716. The summed E-state index contributed by atoms with van der Waals surface area (Å²) in [6, 6.07) is 2.19. The summed E-state index contributed by atoms with van der Waals surface area (Å²) in [4.78, 5) is 2.76. The molecule has 1 aromatic rings. The van der Waals surface area contributed by atoms with Crippen molar-refractivity contribution in [2.75, 3.05) is 33.9 Å². The van der Waals surface area contributed by atoms with E-state index in [0.717, 1.165) is 26.1 Å². The molecular weight excluding hydrogens is 274 g/mol. The van der Waals surface area contributed by atoms with Gasteiger partial charge in [0.05, 0.1) is 11.4 Å². The van der Waals surface area contributed by atoms with Crippen LogP contribution in [0.5, 0.6) is 0 Å². The van der Waals surface area contributed by atoms with Crippen LogP contribution in [0.4, 0.5) is 0 Å². The Morgan fingerprint density at radius 1 is 1.60 bits per heavy atom. The first-order valence-corrected chi connectivity index (χ1v) is 6.91. The first-order valence-electron chi connectivity index (χ1n) is 5.05. The van der Waals surface area contributed by atoms with E-state index in [4.69, 9.17) is 4.74 Å². The average molecular weight is 292 g/mol. The Morgan fingerprint density at radius 3 is 3.00 bits per heavy atom. The molecule has 1 aromatic heterocycles. The normalized spacial score (nSPS) is 13.3. The Labute approximate surface area is 104 Å². The van der Waals surface area contributed by atoms with Crippen molar-refractivity contribution in [3.8, 4) is 0 Å². The predicted octanol–water partition coefficient (Wildman–Crippen LogP) is 2.63. The van der Waals surface area contributed by atoms with Crippen LogP contribution in [0.25, 0.3) is 0 Å². The Bertz CT molecular complexity index is 253. The number of halogens is 1. The number of thiophene rings is 1. The summed E-state index contributed by atoms with van der Waals surface area (Å²) in [5, 5.41) is 4.35. The van der Waals surface area contributed by atoms with Crippen LogP contribution in [0.2, 0.25) is 0 Å². The second kappa shape index (κ2) is 7.39. The molecule has 0 aromatic carbocycles. The number of ether oxygens (including phenoxy) is 1. The van der Waals surface area contributed by atoms with Gasteiger partial charge in [-0.1, -0.05) is 15.9 Å². The molecule has 1 unspecified atom stereocenters. The molecule has 1 atom stereocenters. The van der Waals surface area contributed by atoms with Gasteiger partial charge in [-0.15, -0.1) is 0 Å². The molecule has 2 nitrogen and oxygen atoms in total. The highest BCUT2D eigenvalue weighted by Crippen LogP contribution is 2.08. The molecule has 0 aliphatic carbocycles. The molecule has 4 heteroatoms. The summed E-state index contributed by atoms with van der Waals surface area (Å²) in [6.45, 7) is 2.89. The minimum atomic E-state index is 0.426. The van der Waals surface area contributed by atoms with Crippen LogP contribution >= 0.6 is 27.3 Å². The molecule has 0 N–H and O–H groups in total. The van der Waals surface area contributed by atoms with Crippen molar-refractivity contribution < 1.29 is 4.74 Å². The van der Waals surface area contributed by atoms with E-state index in [2.05, 4.69) is 44.7 Å². The van der Waals surface area contributed by atoms with E-state index in [1.54, 1.807) is 18.4 Å². The fourth-order valence-corrected chi connectivity index (χ4v) is 2.88. The molecule has 1 rings (SSSR count). The van der Waals surface area contributed by atoms with E-state index < -0.39 is 0 Å². The maximum absolute atomic E-state index is 5.08. The predicted molar refractivity (Wildman–Crippen MR) is 70.1 cm³/mol. The van der Waals surface area contributed by atoms with Gasteiger partial charge in [-0.3, -0.25) is 0 Å². The van der Waals surface area contributed by atoms with E-state index >= 15 is 0 Å². The Hall–Kier alpha value is 0.100. The highest BCUT2D eigenvalue weighted by molar-refractivity contribution is 9.09. The van der Waals surface area contributed by atoms with E-state index in [9.17, 15) is 0 Å². The summed E-state index contributed by atoms with van der Waals surface area (Å²) in [6.07, 6.45) is 1.13. The molecule has 0 saturated carbocycles. The molecule has 0 aliphatic heterocycles. The van der Waals surface area contributed by atoms with Crippen LogP contribution in [0.1, 0.15) is 5.56 Å². The summed E-state index contributed by atoms with van der Waals surface area (Å²) >= 11 is 5.36. The largest absolute Gasteiger partial charge is 0.383 e. The fourth-order valence-electron chi connectivity index (χ4n) is 1.42. The highest BCUT2D eigenvalue weighted by Gasteiger charge is 2.07. The molecule has 0 fully saturated rings. The lowest BCUT2D eigenvalue weighted by atomic mass is 10.2. The minimum absolute atomic E-state index is 0.426. The van der Waals surface area contributed by atoms with Crippen LogP contribution in [0.15, 0.2) is 16.8 Å². The third kappa shape index (κ3) is 5.66. The van der Waals surface area contributed by atoms with Gasteiger partial charge < -0.3 is 9.64 Å². The summed E-state index contributed by atoms with van der Waals surface area (Å²) in [7, 11) is 3.88. The maximum atomic E-state index is 5.08. The van der Waals surface area contributed by atoms with Crippen LogP contribution in [-0.2, 0) is 11.2 Å². The lowest BCUT2D eigenvalue weighted by Crippen LogP contribution is -2.30. The molecule has 0 saturated heterocycles. The lowest BCUT2D eigenvalue weighted by molar-refractivity contribution is 0.186. The number of rotatable bonds is 7. The van der Waals surface area contributed by atoms with Crippen LogP contribution < -0.4 is 0 Å². The van der Waals surface area contributed by atoms with Gasteiger partial charge in [-0.2, -0.15) is 11.3 Å². The van der Waals surface area contributed by atoms with Gasteiger partial charge in [-0.05, 0) is 35.9 Å². The first kappa shape index (κ1) is 13.2. The van der Waals surface area contributed by atoms with Gasteiger partial charge >= 0.3 is 0 Å². The second-order valence-corrected chi connectivity index (χ2v) is 5.77. The van der Waals surface area contributed by atoms with Crippen LogP contribution in [0.3, 0.4) is 0 Å². The molecule has 1 heterocycles. The zero-order chi connectivity index (χ0) is 11.1. The molecular formula is C11H18BrNOS. The third-order valence-electron chi connectivity index (χ3n) is 2.22. The van der Waals surface area contributed by atoms with Gasteiger partial charge in [-0.25, -0.2) is 0 Å². The van der Waals surface area contributed by atoms with Crippen molar-refractivity contribution >= 4 is 27.3 Å². The van der Waals surface area contributed by atoms with E-state index in [1.807, 2.05) is 0 Å². The number of alkyl halides is 1. The first-order chi connectivity index (χ1) is 7.22. The molecule has 0 aliphatic rings. The molecule has 86 valence electrons. The highest BCUT2D eigenvalue weighted by atomic mass is 79.9. The van der Waals surface area contributed by atoms with Gasteiger partial charge in [0.25, 0.3) is 0 Å². The fraction of sp³-hybridized carbons (Fsp3) is 0.636. The minimum Gasteiger partial charge on any atom is -0.383 e. The smallest absolute Gasteiger partial charge is 0.0600 e. The van der Waals surface area contributed by atoms with E-state index in [1.165, 1.54) is 5.56 Å². The third-order valence-corrected chi connectivity index (χ3v) is 3.51. The number of hydrogen-bond donors (Lipinski definition) is 0. The Morgan fingerprint density at radius 2 is 2.40 bits per heavy atom. The van der Waals surface area contributed by atoms with Gasteiger partial charge in [0.2, 0.25) is 0 Å². The number of nitrogens with zero attached hydrogens (tertiary/aromatic N) is 1. The average Bonchev–Trinajstić information content (AvgIpc) is 2.67.